The topological polar surface area (TPSA) is 36.4 Å². The molecule has 1 aliphatic heterocycles. The summed E-state index contributed by atoms with van der Waals surface area (Å²) in [6, 6.07) is 17.8. The lowest BCUT2D eigenvalue weighted by molar-refractivity contribution is 0.477. The van der Waals surface area contributed by atoms with Crippen molar-refractivity contribution in [1.82, 2.24) is 4.98 Å². The van der Waals surface area contributed by atoms with Crippen LogP contribution in [0.15, 0.2) is 66.2 Å². The Morgan fingerprint density at radius 3 is 2.55 bits per heavy atom. The second-order valence-corrected chi connectivity index (χ2v) is 5.96. The van der Waals surface area contributed by atoms with Crippen LogP contribution < -0.4 is 4.90 Å². The highest BCUT2D eigenvalue weighted by Crippen LogP contribution is 2.40. The zero-order valence-electron chi connectivity index (χ0n) is 11.8. The lowest BCUT2D eigenvalue weighted by Gasteiger charge is -2.22. The highest BCUT2D eigenvalue weighted by Gasteiger charge is 2.22. The smallest absolute Gasteiger partial charge is 0.139 e. The number of phenolic OH excluding ortho intramolecular Hbond substituents is 1. The first-order chi connectivity index (χ1) is 10.8. The van der Waals surface area contributed by atoms with Gasteiger partial charge >= 0.3 is 0 Å². The number of thioether (sulfide) groups is 1. The number of nitrogens with zero attached hydrogens (tertiary/aromatic N) is 2. The van der Waals surface area contributed by atoms with Gasteiger partial charge in [-0.1, -0.05) is 30.3 Å². The number of hydrogen-bond donors (Lipinski definition) is 1. The standard InChI is InChI=1S/C18H14N2OS/c21-18-10-14-6-2-1-5-13(14)9-16(18)20-12-22-11-17(20)15-7-3-4-8-19-15/h1-11,21H,12H2. The molecule has 0 fully saturated rings. The maximum Gasteiger partial charge on any atom is 0.139 e. The Bertz CT molecular complexity index is 861. The number of aromatic nitrogens is 1. The van der Waals surface area contributed by atoms with Gasteiger partial charge in [-0.15, -0.1) is 11.8 Å². The van der Waals surface area contributed by atoms with E-state index in [0.717, 1.165) is 33.7 Å². The van der Waals surface area contributed by atoms with Crippen molar-refractivity contribution in [2.45, 2.75) is 0 Å². The summed E-state index contributed by atoms with van der Waals surface area (Å²) in [6.45, 7) is 0. The first-order valence-corrected chi connectivity index (χ1v) is 8.10. The van der Waals surface area contributed by atoms with Crippen LogP contribution in [0, 0.1) is 0 Å². The molecule has 0 bridgehead atoms. The van der Waals surface area contributed by atoms with Crippen molar-refractivity contribution in [3.8, 4) is 5.75 Å². The first-order valence-electron chi connectivity index (χ1n) is 7.05. The third-order valence-electron chi connectivity index (χ3n) is 3.75. The van der Waals surface area contributed by atoms with Gasteiger partial charge in [0.25, 0.3) is 0 Å². The molecule has 0 spiro atoms. The highest BCUT2D eigenvalue weighted by atomic mass is 32.2. The Morgan fingerprint density at radius 2 is 1.77 bits per heavy atom. The second-order valence-electron chi connectivity index (χ2n) is 5.13. The lowest BCUT2D eigenvalue weighted by atomic mass is 10.1. The van der Waals surface area contributed by atoms with Gasteiger partial charge in [0.05, 0.1) is 23.0 Å². The summed E-state index contributed by atoms with van der Waals surface area (Å²) in [6.07, 6.45) is 1.79. The second kappa shape index (κ2) is 5.39. The molecule has 0 radical (unpaired) electrons. The van der Waals surface area contributed by atoms with Gasteiger partial charge in [-0.3, -0.25) is 4.98 Å². The zero-order valence-corrected chi connectivity index (χ0v) is 12.6. The molecule has 1 aliphatic rings. The molecule has 0 saturated heterocycles. The van der Waals surface area contributed by atoms with Crippen molar-refractivity contribution in [3.63, 3.8) is 0 Å². The fourth-order valence-electron chi connectivity index (χ4n) is 2.67. The molecule has 3 aromatic rings. The van der Waals surface area contributed by atoms with E-state index in [9.17, 15) is 5.11 Å². The Hall–Kier alpha value is -2.46. The zero-order chi connectivity index (χ0) is 14.9. The quantitative estimate of drug-likeness (QED) is 0.759. The number of aromatic hydroxyl groups is 1. The minimum Gasteiger partial charge on any atom is -0.506 e. The van der Waals surface area contributed by atoms with Gasteiger partial charge < -0.3 is 10.0 Å². The first kappa shape index (κ1) is 13.2. The van der Waals surface area contributed by atoms with E-state index in [1.54, 1.807) is 18.0 Å². The fourth-order valence-corrected chi connectivity index (χ4v) is 3.58. The average Bonchev–Trinajstić information content (AvgIpc) is 3.04. The van der Waals surface area contributed by atoms with Crippen molar-refractivity contribution >= 4 is 33.9 Å². The van der Waals surface area contributed by atoms with Crippen molar-refractivity contribution in [1.29, 1.82) is 0 Å². The molecule has 0 unspecified atom stereocenters. The van der Waals surface area contributed by atoms with E-state index in [0.29, 0.717) is 5.75 Å². The molecular formula is C18H14N2OS. The number of pyridine rings is 1. The van der Waals surface area contributed by atoms with Gasteiger partial charge in [0.2, 0.25) is 0 Å². The molecule has 3 nitrogen and oxygen atoms in total. The van der Waals surface area contributed by atoms with Gasteiger partial charge in [0, 0.05) is 6.20 Å². The Morgan fingerprint density at radius 1 is 1.00 bits per heavy atom. The van der Waals surface area contributed by atoms with Crippen LogP contribution in [-0.2, 0) is 0 Å². The predicted octanol–water partition coefficient (Wildman–Crippen LogP) is 4.45. The molecule has 0 aliphatic carbocycles. The SMILES string of the molecule is Oc1cc2ccccc2cc1N1CSC=C1c1ccccn1. The predicted molar refractivity (Wildman–Crippen MR) is 92.8 cm³/mol. The minimum atomic E-state index is 0.294. The molecule has 1 aromatic heterocycles. The normalized spacial score (nSPS) is 14.4. The van der Waals surface area contributed by atoms with Crippen LogP contribution in [0.1, 0.15) is 5.69 Å². The molecule has 0 atom stereocenters. The van der Waals surface area contributed by atoms with E-state index < -0.39 is 0 Å². The summed E-state index contributed by atoms with van der Waals surface area (Å²) < 4.78 is 0. The summed E-state index contributed by atoms with van der Waals surface area (Å²) in [5.41, 5.74) is 2.76. The van der Waals surface area contributed by atoms with E-state index >= 15 is 0 Å². The van der Waals surface area contributed by atoms with Crippen LogP contribution in [0.3, 0.4) is 0 Å². The number of fused-ring (bicyclic) bond motifs is 1. The van der Waals surface area contributed by atoms with E-state index in [2.05, 4.69) is 21.4 Å². The van der Waals surface area contributed by atoms with Crippen molar-refractivity contribution in [3.05, 3.63) is 71.9 Å². The molecule has 0 saturated carbocycles. The van der Waals surface area contributed by atoms with Crippen molar-refractivity contribution < 1.29 is 5.11 Å². The van der Waals surface area contributed by atoms with E-state index in [1.807, 2.05) is 48.5 Å². The van der Waals surface area contributed by atoms with E-state index in [1.165, 1.54) is 0 Å². The maximum atomic E-state index is 10.4. The fraction of sp³-hybridized carbons (Fsp3) is 0.0556. The van der Waals surface area contributed by atoms with Crippen LogP contribution in [0.2, 0.25) is 0 Å². The van der Waals surface area contributed by atoms with Gasteiger partial charge in [-0.05, 0) is 40.4 Å². The third kappa shape index (κ3) is 2.22. The molecule has 22 heavy (non-hydrogen) atoms. The molecule has 108 valence electrons. The number of anilines is 1. The monoisotopic (exact) mass is 306 g/mol. The lowest BCUT2D eigenvalue weighted by Crippen LogP contribution is -2.17. The van der Waals surface area contributed by atoms with Gasteiger partial charge in [-0.25, -0.2) is 0 Å². The number of phenols is 1. The molecular weight excluding hydrogens is 292 g/mol. The van der Waals surface area contributed by atoms with Crippen LogP contribution in [0.25, 0.3) is 16.5 Å². The summed E-state index contributed by atoms with van der Waals surface area (Å²) >= 11 is 1.71. The van der Waals surface area contributed by atoms with Crippen LogP contribution in [0.5, 0.6) is 5.75 Å². The number of benzene rings is 2. The van der Waals surface area contributed by atoms with E-state index in [-0.39, 0.29) is 0 Å². The summed E-state index contributed by atoms with van der Waals surface area (Å²) in [4.78, 5) is 6.53. The molecule has 2 aromatic carbocycles. The Balaban J connectivity index is 1.81. The summed E-state index contributed by atoms with van der Waals surface area (Å²) in [5.74, 6) is 1.07. The van der Waals surface area contributed by atoms with Crippen LogP contribution in [0.4, 0.5) is 5.69 Å². The Labute approximate surface area is 132 Å². The van der Waals surface area contributed by atoms with Gasteiger partial charge in [0.1, 0.15) is 5.75 Å². The van der Waals surface area contributed by atoms with Crippen LogP contribution in [-0.4, -0.2) is 16.0 Å². The van der Waals surface area contributed by atoms with Gasteiger partial charge in [0.15, 0.2) is 0 Å². The molecule has 4 heteroatoms. The third-order valence-corrected chi connectivity index (χ3v) is 4.55. The van der Waals surface area contributed by atoms with E-state index in [4.69, 9.17) is 0 Å². The van der Waals surface area contributed by atoms with Crippen molar-refractivity contribution in [2.24, 2.45) is 0 Å². The average molecular weight is 306 g/mol. The van der Waals surface area contributed by atoms with Crippen molar-refractivity contribution in [2.75, 3.05) is 10.8 Å². The number of hydrogen-bond acceptors (Lipinski definition) is 4. The minimum absolute atomic E-state index is 0.294. The maximum absolute atomic E-state index is 10.4. The van der Waals surface area contributed by atoms with Crippen LogP contribution >= 0.6 is 11.8 Å². The number of rotatable bonds is 2. The van der Waals surface area contributed by atoms with Gasteiger partial charge in [-0.2, -0.15) is 0 Å². The molecule has 0 amide bonds. The molecule has 2 heterocycles. The summed E-state index contributed by atoms with van der Waals surface area (Å²) in [7, 11) is 0. The highest BCUT2D eigenvalue weighted by molar-refractivity contribution is 8.02. The molecule has 4 rings (SSSR count). The Kier molecular flexibility index (Phi) is 3.24. The summed E-state index contributed by atoms with van der Waals surface area (Å²) in [5, 5.41) is 14.7. The largest absolute Gasteiger partial charge is 0.506 e. The molecule has 1 N–H and O–H groups in total.